The summed E-state index contributed by atoms with van der Waals surface area (Å²) >= 11 is 0. The highest BCUT2D eigenvalue weighted by atomic mass is 16.6. The zero-order valence-electron chi connectivity index (χ0n) is 11.2. The summed E-state index contributed by atoms with van der Waals surface area (Å²) in [5.41, 5.74) is 0.0296. The first-order valence-electron chi connectivity index (χ1n) is 5.65. The van der Waals surface area contributed by atoms with E-state index in [0.717, 1.165) is 0 Å². The van der Waals surface area contributed by atoms with E-state index in [1.54, 1.807) is 34.6 Å². The lowest BCUT2D eigenvalue weighted by Gasteiger charge is -2.22. The van der Waals surface area contributed by atoms with Crippen molar-refractivity contribution >= 4 is 11.9 Å². The van der Waals surface area contributed by atoms with E-state index in [-0.39, 0.29) is 5.76 Å². The van der Waals surface area contributed by atoms with Gasteiger partial charge in [-0.2, -0.15) is 0 Å². The fraction of sp³-hybridized carbons (Fsp3) is 0.583. The van der Waals surface area contributed by atoms with E-state index >= 15 is 0 Å². The van der Waals surface area contributed by atoms with Crippen molar-refractivity contribution in [1.82, 2.24) is 10.5 Å². The molecule has 0 radical (unpaired) electrons. The number of esters is 1. The van der Waals surface area contributed by atoms with Crippen molar-refractivity contribution < 1.29 is 18.8 Å². The van der Waals surface area contributed by atoms with Crippen LogP contribution in [0.25, 0.3) is 0 Å². The number of carbonyl (C=O) groups is 2. The Morgan fingerprint density at radius 2 is 2.06 bits per heavy atom. The molecule has 6 heteroatoms. The van der Waals surface area contributed by atoms with Gasteiger partial charge in [-0.25, -0.2) is 4.79 Å². The summed E-state index contributed by atoms with van der Waals surface area (Å²) in [5, 5.41) is 6.00. The second kappa shape index (κ2) is 5.20. The van der Waals surface area contributed by atoms with Gasteiger partial charge < -0.3 is 14.6 Å². The molecule has 1 aromatic heterocycles. The number of aromatic nitrogens is 1. The van der Waals surface area contributed by atoms with Crippen LogP contribution in [0.2, 0.25) is 0 Å². The maximum atomic E-state index is 11.8. The molecule has 0 aromatic carbocycles. The number of rotatable bonds is 3. The molecule has 0 spiro atoms. The summed E-state index contributed by atoms with van der Waals surface area (Å²) in [7, 11) is 0. The molecule has 1 rings (SSSR count). The van der Waals surface area contributed by atoms with Crippen LogP contribution >= 0.6 is 0 Å². The third kappa shape index (κ3) is 3.87. The van der Waals surface area contributed by atoms with Gasteiger partial charge in [-0.1, -0.05) is 5.16 Å². The van der Waals surface area contributed by atoms with Crippen molar-refractivity contribution in [2.24, 2.45) is 0 Å². The third-order valence-corrected chi connectivity index (χ3v) is 2.06. The average Bonchev–Trinajstić information content (AvgIpc) is 2.61. The minimum Gasteiger partial charge on any atom is -0.458 e. The van der Waals surface area contributed by atoms with E-state index in [1.165, 1.54) is 6.20 Å². The number of amides is 1. The maximum Gasteiger partial charge on any atom is 0.328 e. The molecule has 0 fully saturated rings. The van der Waals surface area contributed by atoms with Crippen molar-refractivity contribution in [3.8, 4) is 0 Å². The quantitative estimate of drug-likeness (QED) is 0.825. The number of ether oxygens (including phenoxy) is 1. The first-order valence-corrected chi connectivity index (χ1v) is 5.65. The van der Waals surface area contributed by atoms with Crippen LogP contribution in [0.5, 0.6) is 0 Å². The minimum atomic E-state index is -0.749. The minimum absolute atomic E-state index is 0.102. The van der Waals surface area contributed by atoms with Crippen LogP contribution in [0.4, 0.5) is 0 Å². The molecule has 0 unspecified atom stereocenters. The normalized spacial score (nSPS) is 12.9. The molecule has 0 aliphatic heterocycles. The number of nitrogens with one attached hydrogen (secondary N) is 1. The number of aryl methyl sites for hydroxylation is 1. The maximum absolute atomic E-state index is 11.8. The van der Waals surface area contributed by atoms with E-state index in [4.69, 9.17) is 9.26 Å². The van der Waals surface area contributed by atoms with Crippen LogP contribution in [0.15, 0.2) is 10.7 Å². The zero-order chi connectivity index (χ0) is 13.9. The molecule has 1 amide bonds. The standard InChI is InChI=1S/C12H18N2O4/c1-7-6-13-18-9(7)10(15)14-8(2)11(16)17-12(3,4)5/h6,8H,1-5H3,(H,14,15)/t8-/m1/s1. The molecular weight excluding hydrogens is 236 g/mol. The predicted molar refractivity (Wildman–Crippen MR) is 64.0 cm³/mol. The van der Waals surface area contributed by atoms with Crippen LogP contribution in [-0.4, -0.2) is 28.7 Å². The van der Waals surface area contributed by atoms with Gasteiger partial charge in [-0.15, -0.1) is 0 Å². The van der Waals surface area contributed by atoms with Gasteiger partial charge in [-0.3, -0.25) is 4.79 Å². The van der Waals surface area contributed by atoms with Gasteiger partial charge in [0.1, 0.15) is 11.6 Å². The van der Waals surface area contributed by atoms with Crippen molar-refractivity contribution in [3.63, 3.8) is 0 Å². The first kappa shape index (κ1) is 14.2. The Bertz CT molecular complexity index is 445. The molecular formula is C12H18N2O4. The van der Waals surface area contributed by atoms with E-state index in [9.17, 15) is 9.59 Å². The van der Waals surface area contributed by atoms with Crippen LogP contribution in [0.3, 0.4) is 0 Å². The highest BCUT2D eigenvalue weighted by Crippen LogP contribution is 2.09. The largest absolute Gasteiger partial charge is 0.458 e. The Morgan fingerprint density at radius 1 is 1.44 bits per heavy atom. The SMILES string of the molecule is Cc1cnoc1C(=O)N[C@H](C)C(=O)OC(C)(C)C. The van der Waals surface area contributed by atoms with Crippen LogP contribution in [-0.2, 0) is 9.53 Å². The van der Waals surface area contributed by atoms with Gasteiger partial charge in [0, 0.05) is 5.56 Å². The van der Waals surface area contributed by atoms with Crippen LogP contribution in [0, 0.1) is 6.92 Å². The summed E-state index contributed by atoms with van der Waals surface area (Å²) in [4.78, 5) is 23.4. The number of nitrogens with zero attached hydrogens (tertiary/aromatic N) is 1. The van der Waals surface area contributed by atoms with Crippen molar-refractivity contribution in [3.05, 3.63) is 17.5 Å². The highest BCUT2D eigenvalue weighted by Gasteiger charge is 2.25. The van der Waals surface area contributed by atoms with Gasteiger partial charge in [-0.05, 0) is 34.6 Å². The summed E-state index contributed by atoms with van der Waals surface area (Å²) in [6.45, 7) is 8.54. The van der Waals surface area contributed by atoms with E-state index in [2.05, 4.69) is 10.5 Å². The molecule has 1 aromatic rings. The highest BCUT2D eigenvalue weighted by molar-refractivity contribution is 5.95. The van der Waals surface area contributed by atoms with Crippen molar-refractivity contribution in [2.75, 3.05) is 0 Å². The molecule has 0 aliphatic rings. The van der Waals surface area contributed by atoms with Gasteiger partial charge in [0.15, 0.2) is 0 Å². The average molecular weight is 254 g/mol. The van der Waals surface area contributed by atoms with Crippen molar-refractivity contribution in [1.29, 1.82) is 0 Å². The number of carbonyl (C=O) groups excluding carboxylic acids is 2. The van der Waals surface area contributed by atoms with Crippen LogP contribution < -0.4 is 5.32 Å². The Hall–Kier alpha value is -1.85. The lowest BCUT2D eigenvalue weighted by atomic mass is 10.2. The summed E-state index contributed by atoms with van der Waals surface area (Å²) in [5.74, 6) is -0.873. The monoisotopic (exact) mass is 254 g/mol. The van der Waals surface area contributed by atoms with E-state index in [0.29, 0.717) is 5.56 Å². The van der Waals surface area contributed by atoms with E-state index < -0.39 is 23.5 Å². The summed E-state index contributed by atoms with van der Waals surface area (Å²) in [6, 6.07) is -0.749. The molecule has 0 saturated heterocycles. The summed E-state index contributed by atoms with van der Waals surface area (Å²) in [6.07, 6.45) is 1.44. The van der Waals surface area contributed by atoms with Gasteiger partial charge in [0.05, 0.1) is 6.20 Å². The molecule has 1 atom stereocenters. The van der Waals surface area contributed by atoms with Gasteiger partial charge >= 0.3 is 5.97 Å². The Balaban J connectivity index is 2.60. The van der Waals surface area contributed by atoms with Gasteiger partial charge in [0.25, 0.3) is 5.91 Å². The lowest BCUT2D eigenvalue weighted by Crippen LogP contribution is -2.42. The molecule has 0 bridgehead atoms. The second-order valence-corrected chi connectivity index (χ2v) is 5.07. The van der Waals surface area contributed by atoms with Crippen molar-refractivity contribution in [2.45, 2.75) is 46.3 Å². The predicted octanol–water partition coefficient (Wildman–Crippen LogP) is 1.44. The molecule has 100 valence electrons. The Labute approximate surface area is 106 Å². The Morgan fingerprint density at radius 3 is 2.50 bits per heavy atom. The fourth-order valence-electron chi connectivity index (χ4n) is 1.22. The first-order chi connectivity index (χ1) is 8.20. The number of hydrogen-bond acceptors (Lipinski definition) is 5. The summed E-state index contributed by atoms with van der Waals surface area (Å²) < 4.78 is 9.94. The zero-order valence-corrected chi connectivity index (χ0v) is 11.2. The topological polar surface area (TPSA) is 81.4 Å². The molecule has 6 nitrogen and oxygen atoms in total. The molecule has 0 aliphatic carbocycles. The molecule has 1 heterocycles. The van der Waals surface area contributed by atoms with Crippen LogP contribution in [0.1, 0.15) is 43.8 Å². The molecule has 0 saturated carbocycles. The third-order valence-electron chi connectivity index (χ3n) is 2.06. The number of hydrogen-bond donors (Lipinski definition) is 1. The molecule has 1 N–H and O–H groups in total. The van der Waals surface area contributed by atoms with E-state index in [1.807, 2.05) is 0 Å². The second-order valence-electron chi connectivity index (χ2n) is 5.07. The molecule has 18 heavy (non-hydrogen) atoms. The van der Waals surface area contributed by atoms with Gasteiger partial charge in [0.2, 0.25) is 5.76 Å². The fourth-order valence-corrected chi connectivity index (χ4v) is 1.22. The smallest absolute Gasteiger partial charge is 0.328 e. The lowest BCUT2D eigenvalue weighted by molar-refractivity contribution is -0.156. The Kier molecular flexibility index (Phi) is 4.11.